The summed E-state index contributed by atoms with van der Waals surface area (Å²) in [6.45, 7) is 0.176. The highest BCUT2D eigenvalue weighted by Crippen LogP contribution is 2.27. The average molecular weight is 402 g/mol. The largest absolute Gasteiger partial charge is 0.489 e. The minimum Gasteiger partial charge on any atom is -0.489 e. The SMILES string of the molecule is CNc1ccc(C(=N)c2cc(OCc3c(Cl)cncc3Cl)ccc2N)cn1. The van der Waals surface area contributed by atoms with E-state index in [4.69, 9.17) is 39.1 Å². The molecular formula is C19H17Cl2N5O. The Labute approximate surface area is 166 Å². The summed E-state index contributed by atoms with van der Waals surface area (Å²) < 4.78 is 5.80. The average Bonchev–Trinajstić information content (AvgIpc) is 2.68. The van der Waals surface area contributed by atoms with E-state index in [0.29, 0.717) is 38.2 Å². The number of halogens is 2. The summed E-state index contributed by atoms with van der Waals surface area (Å²) in [6.07, 6.45) is 4.65. The number of nitrogen functional groups attached to an aromatic ring is 1. The zero-order valence-electron chi connectivity index (χ0n) is 14.5. The number of nitrogens with zero attached hydrogens (tertiary/aromatic N) is 2. The molecule has 0 aliphatic carbocycles. The van der Waals surface area contributed by atoms with E-state index in [1.807, 2.05) is 6.07 Å². The van der Waals surface area contributed by atoms with Gasteiger partial charge in [0.1, 0.15) is 18.2 Å². The number of rotatable bonds is 6. The lowest BCUT2D eigenvalue weighted by Gasteiger charge is -2.13. The number of hydrogen-bond donors (Lipinski definition) is 3. The molecule has 4 N–H and O–H groups in total. The molecule has 0 fully saturated rings. The summed E-state index contributed by atoms with van der Waals surface area (Å²) in [5.41, 5.74) is 8.65. The first-order valence-corrected chi connectivity index (χ1v) is 8.78. The number of nitrogens with two attached hydrogens (primary N) is 1. The quantitative estimate of drug-likeness (QED) is 0.419. The van der Waals surface area contributed by atoms with Crippen LogP contribution in [0.3, 0.4) is 0 Å². The molecule has 0 saturated carbocycles. The fourth-order valence-corrected chi connectivity index (χ4v) is 2.89. The van der Waals surface area contributed by atoms with E-state index in [-0.39, 0.29) is 12.3 Å². The van der Waals surface area contributed by atoms with Crippen LogP contribution in [0, 0.1) is 5.41 Å². The van der Waals surface area contributed by atoms with Gasteiger partial charge < -0.3 is 15.8 Å². The van der Waals surface area contributed by atoms with Crippen LogP contribution in [-0.4, -0.2) is 22.7 Å². The number of aromatic nitrogens is 2. The summed E-state index contributed by atoms with van der Waals surface area (Å²) in [4.78, 5) is 8.15. The Kier molecular flexibility index (Phi) is 5.78. The van der Waals surface area contributed by atoms with Gasteiger partial charge in [0.05, 0.1) is 15.8 Å². The second-order valence-corrected chi connectivity index (χ2v) is 6.49. The zero-order chi connectivity index (χ0) is 19.4. The maximum Gasteiger partial charge on any atom is 0.125 e. The van der Waals surface area contributed by atoms with Crippen molar-refractivity contribution >= 4 is 40.4 Å². The molecule has 0 aliphatic heterocycles. The van der Waals surface area contributed by atoms with Gasteiger partial charge in [0, 0.05) is 48.0 Å². The van der Waals surface area contributed by atoms with Gasteiger partial charge in [0.25, 0.3) is 0 Å². The van der Waals surface area contributed by atoms with E-state index in [9.17, 15) is 0 Å². The van der Waals surface area contributed by atoms with Gasteiger partial charge in [-0.05, 0) is 30.3 Å². The van der Waals surface area contributed by atoms with E-state index in [2.05, 4.69) is 15.3 Å². The molecular weight excluding hydrogens is 385 g/mol. The van der Waals surface area contributed by atoms with Gasteiger partial charge in [-0.1, -0.05) is 23.2 Å². The summed E-state index contributed by atoms with van der Waals surface area (Å²) in [5.74, 6) is 1.27. The number of nitrogens with one attached hydrogen (secondary N) is 2. The number of hydrogen-bond acceptors (Lipinski definition) is 6. The standard InChI is InChI=1S/C19H17Cl2N5O/c1-24-18-5-2-11(7-26-18)19(23)13-6-12(3-4-17(13)22)27-10-14-15(20)8-25-9-16(14)21/h2-9,23H,10,22H2,1H3,(H,24,26). The zero-order valence-corrected chi connectivity index (χ0v) is 16.0. The van der Waals surface area contributed by atoms with Crippen molar-refractivity contribution < 1.29 is 4.74 Å². The van der Waals surface area contributed by atoms with Crippen molar-refractivity contribution in [3.05, 3.63) is 75.7 Å². The van der Waals surface area contributed by atoms with Crippen LogP contribution in [0.1, 0.15) is 16.7 Å². The van der Waals surface area contributed by atoms with Gasteiger partial charge in [-0.2, -0.15) is 0 Å². The number of benzene rings is 1. The molecule has 6 nitrogen and oxygen atoms in total. The molecule has 8 heteroatoms. The molecule has 0 aliphatic rings. The number of pyridine rings is 2. The third kappa shape index (κ3) is 4.30. The molecule has 0 saturated heterocycles. The fourth-order valence-electron chi connectivity index (χ4n) is 2.42. The van der Waals surface area contributed by atoms with Crippen molar-refractivity contribution in [2.24, 2.45) is 0 Å². The number of ether oxygens (including phenoxy) is 1. The Morgan fingerprint density at radius 2 is 1.89 bits per heavy atom. The fraction of sp³-hybridized carbons (Fsp3) is 0.105. The van der Waals surface area contributed by atoms with Gasteiger partial charge >= 0.3 is 0 Å². The van der Waals surface area contributed by atoms with Crippen molar-refractivity contribution in [1.82, 2.24) is 9.97 Å². The van der Waals surface area contributed by atoms with Crippen LogP contribution < -0.4 is 15.8 Å². The molecule has 0 spiro atoms. The molecule has 0 atom stereocenters. The van der Waals surface area contributed by atoms with Gasteiger partial charge in [-0.3, -0.25) is 10.4 Å². The highest BCUT2D eigenvalue weighted by Gasteiger charge is 2.12. The second kappa shape index (κ2) is 8.24. The minimum atomic E-state index is 0.176. The second-order valence-electron chi connectivity index (χ2n) is 5.68. The summed E-state index contributed by atoms with van der Waals surface area (Å²) in [7, 11) is 1.79. The Hall–Kier alpha value is -2.83. The molecule has 0 unspecified atom stereocenters. The van der Waals surface area contributed by atoms with Crippen molar-refractivity contribution in [2.75, 3.05) is 18.1 Å². The van der Waals surface area contributed by atoms with Crippen LogP contribution in [0.2, 0.25) is 10.0 Å². The normalized spacial score (nSPS) is 10.5. The van der Waals surface area contributed by atoms with Crippen molar-refractivity contribution in [1.29, 1.82) is 5.41 Å². The lowest BCUT2D eigenvalue weighted by molar-refractivity contribution is 0.306. The Balaban J connectivity index is 1.82. The molecule has 3 rings (SSSR count). The first-order valence-electron chi connectivity index (χ1n) is 8.03. The van der Waals surface area contributed by atoms with Gasteiger partial charge in [0.15, 0.2) is 0 Å². The van der Waals surface area contributed by atoms with Crippen LogP contribution in [0.5, 0.6) is 5.75 Å². The first kappa shape index (κ1) is 18.9. The topological polar surface area (TPSA) is 96.9 Å². The molecule has 27 heavy (non-hydrogen) atoms. The Morgan fingerprint density at radius 3 is 2.52 bits per heavy atom. The third-order valence-corrected chi connectivity index (χ3v) is 4.59. The van der Waals surface area contributed by atoms with Gasteiger partial charge in [-0.15, -0.1) is 0 Å². The Bertz CT molecular complexity index is 956. The van der Waals surface area contributed by atoms with Crippen molar-refractivity contribution in [3.63, 3.8) is 0 Å². The smallest absolute Gasteiger partial charge is 0.125 e. The predicted molar refractivity (Wildman–Crippen MR) is 109 cm³/mol. The molecule has 0 amide bonds. The van der Waals surface area contributed by atoms with E-state index < -0.39 is 0 Å². The van der Waals surface area contributed by atoms with Gasteiger partial charge in [0.2, 0.25) is 0 Å². The third-order valence-electron chi connectivity index (χ3n) is 3.94. The summed E-state index contributed by atoms with van der Waals surface area (Å²) in [6, 6.07) is 8.76. The summed E-state index contributed by atoms with van der Waals surface area (Å²) >= 11 is 12.2. The van der Waals surface area contributed by atoms with Crippen LogP contribution >= 0.6 is 23.2 Å². The number of anilines is 2. The molecule has 138 valence electrons. The highest BCUT2D eigenvalue weighted by atomic mass is 35.5. The van der Waals surface area contributed by atoms with E-state index in [1.54, 1.807) is 37.5 Å². The maximum absolute atomic E-state index is 8.45. The molecule has 0 bridgehead atoms. The predicted octanol–water partition coefficient (Wildman–Crippen LogP) is 4.40. The molecule has 2 aromatic heterocycles. The van der Waals surface area contributed by atoms with E-state index >= 15 is 0 Å². The molecule has 1 aromatic carbocycles. The van der Waals surface area contributed by atoms with Gasteiger partial charge in [-0.25, -0.2) is 4.98 Å². The first-order chi connectivity index (χ1) is 13.0. The van der Waals surface area contributed by atoms with Crippen LogP contribution in [0.25, 0.3) is 0 Å². The van der Waals surface area contributed by atoms with Crippen LogP contribution in [0.4, 0.5) is 11.5 Å². The minimum absolute atomic E-state index is 0.176. The summed E-state index contributed by atoms with van der Waals surface area (Å²) in [5, 5.41) is 12.3. The van der Waals surface area contributed by atoms with E-state index in [1.165, 1.54) is 12.4 Å². The van der Waals surface area contributed by atoms with Crippen LogP contribution in [0.15, 0.2) is 48.9 Å². The van der Waals surface area contributed by atoms with E-state index in [0.717, 1.165) is 5.82 Å². The monoisotopic (exact) mass is 401 g/mol. The maximum atomic E-state index is 8.45. The lowest BCUT2D eigenvalue weighted by Crippen LogP contribution is -2.07. The molecule has 3 aromatic rings. The Morgan fingerprint density at radius 1 is 1.15 bits per heavy atom. The highest BCUT2D eigenvalue weighted by molar-refractivity contribution is 6.35. The molecule has 0 radical (unpaired) electrons. The van der Waals surface area contributed by atoms with Crippen molar-refractivity contribution in [2.45, 2.75) is 6.61 Å². The van der Waals surface area contributed by atoms with Crippen molar-refractivity contribution in [3.8, 4) is 5.75 Å². The molecule has 2 heterocycles. The lowest BCUT2D eigenvalue weighted by atomic mass is 10.0. The van der Waals surface area contributed by atoms with Crippen LogP contribution in [-0.2, 0) is 6.61 Å².